The van der Waals surface area contributed by atoms with Gasteiger partial charge in [-0.2, -0.15) is 0 Å². The van der Waals surface area contributed by atoms with E-state index in [0.29, 0.717) is 17.1 Å². The van der Waals surface area contributed by atoms with Gasteiger partial charge in [0.25, 0.3) is 5.91 Å². The van der Waals surface area contributed by atoms with E-state index < -0.39 is 23.5 Å². The second-order valence-electron chi connectivity index (χ2n) is 6.64. The molecule has 0 bridgehead atoms. The van der Waals surface area contributed by atoms with Gasteiger partial charge in [0.2, 0.25) is 5.91 Å². The van der Waals surface area contributed by atoms with E-state index in [1.165, 1.54) is 24.2 Å². The van der Waals surface area contributed by atoms with Gasteiger partial charge in [-0.15, -0.1) is 0 Å². The molecular weight excluding hydrogens is 336 g/mol. The van der Waals surface area contributed by atoms with Crippen LogP contribution in [0, 0.1) is 6.92 Å². The molecule has 0 aliphatic carbocycles. The number of anilines is 2. The van der Waals surface area contributed by atoms with E-state index in [0.717, 1.165) is 0 Å². The Balaban J connectivity index is 1.89. The number of benzene rings is 1. The number of ether oxygens (including phenoxy) is 1. The smallest absolute Gasteiger partial charge is 0.342 e. The quantitative estimate of drug-likeness (QED) is 0.854. The number of para-hydroxylation sites is 2. The summed E-state index contributed by atoms with van der Waals surface area (Å²) in [7, 11) is 0. The van der Waals surface area contributed by atoms with E-state index in [-0.39, 0.29) is 11.5 Å². The highest BCUT2D eigenvalue weighted by Crippen LogP contribution is 2.37. The third kappa shape index (κ3) is 2.85. The summed E-state index contributed by atoms with van der Waals surface area (Å²) in [6.07, 6.45) is 0.308. The van der Waals surface area contributed by atoms with Gasteiger partial charge in [0.15, 0.2) is 6.10 Å². The lowest BCUT2D eigenvalue weighted by Crippen LogP contribution is -2.60. The Hall–Kier alpha value is -3.09. The zero-order valence-corrected chi connectivity index (χ0v) is 15.0. The Morgan fingerprint density at radius 3 is 2.58 bits per heavy atom. The molecule has 0 saturated carbocycles. The molecule has 0 unspecified atom stereocenters. The van der Waals surface area contributed by atoms with Gasteiger partial charge in [0, 0.05) is 0 Å². The Bertz CT molecular complexity index is 884. The van der Waals surface area contributed by atoms with E-state index in [9.17, 15) is 14.4 Å². The van der Waals surface area contributed by atoms with Crippen LogP contribution in [-0.4, -0.2) is 29.4 Å². The second-order valence-corrected chi connectivity index (χ2v) is 6.64. The van der Waals surface area contributed by atoms with Crippen molar-refractivity contribution in [2.24, 2.45) is 0 Å². The van der Waals surface area contributed by atoms with E-state index in [2.05, 4.69) is 5.32 Å². The summed E-state index contributed by atoms with van der Waals surface area (Å²) in [6, 6.07) is 8.49. The van der Waals surface area contributed by atoms with Crippen molar-refractivity contribution in [2.75, 3.05) is 10.2 Å². The highest BCUT2D eigenvalue weighted by molar-refractivity contribution is 6.15. The Morgan fingerprint density at radius 1 is 1.23 bits per heavy atom. The first-order valence-corrected chi connectivity index (χ1v) is 8.23. The number of hydrogen-bond acceptors (Lipinski definition) is 5. The first-order chi connectivity index (χ1) is 12.2. The van der Waals surface area contributed by atoms with Crippen molar-refractivity contribution in [2.45, 2.75) is 39.3 Å². The fraction of sp³-hybridized carbons (Fsp3) is 0.316. The number of nitrogens with one attached hydrogen (secondary N) is 1. The van der Waals surface area contributed by atoms with Crippen LogP contribution in [0.25, 0.3) is 0 Å². The molecule has 2 amide bonds. The number of rotatable bonds is 3. The zero-order valence-electron chi connectivity index (χ0n) is 15.0. The highest BCUT2D eigenvalue weighted by atomic mass is 16.5. The number of amides is 2. The molecule has 7 nitrogen and oxygen atoms in total. The van der Waals surface area contributed by atoms with Crippen LogP contribution in [0.2, 0.25) is 0 Å². The van der Waals surface area contributed by atoms with Crippen LogP contribution >= 0.6 is 0 Å². The molecule has 1 aromatic carbocycles. The predicted octanol–water partition coefficient (Wildman–Crippen LogP) is 2.90. The van der Waals surface area contributed by atoms with Gasteiger partial charge in [0.05, 0.1) is 17.6 Å². The number of hydrogen-bond donors (Lipinski definition) is 1. The molecule has 136 valence electrons. The first kappa shape index (κ1) is 17.7. The minimum absolute atomic E-state index is 0.265. The van der Waals surface area contributed by atoms with Crippen LogP contribution in [0.15, 0.2) is 41.0 Å². The molecule has 26 heavy (non-hydrogen) atoms. The summed E-state index contributed by atoms with van der Waals surface area (Å²) in [5, 5.41) is 2.79. The van der Waals surface area contributed by atoms with Crippen LogP contribution in [0.3, 0.4) is 0 Å². The number of aryl methyl sites for hydroxylation is 1. The van der Waals surface area contributed by atoms with Gasteiger partial charge in [-0.3, -0.25) is 14.5 Å². The monoisotopic (exact) mass is 356 g/mol. The average molecular weight is 356 g/mol. The standard InChI is InChI=1S/C19H20N2O5/c1-11-13(9-10-25-11)17(23)26-12(2)16(22)21-15-8-6-5-7-14(15)20-18(24)19(21,3)4/h5-10,12H,1-4H3,(H,20,24)/t12-/m1/s1. The van der Waals surface area contributed by atoms with Crippen LogP contribution in [0.5, 0.6) is 0 Å². The SMILES string of the molecule is Cc1occc1C(=O)O[C@H](C)C(=O)N1c2ccccc2NC(=O)C1(C)C. The van der Waals surface area contributed by atoms with Gasteiger partial charge >= 0.3 is 5.97 Å². The Kier molecular flexibility index (Phi) is 4.31. The molecule has 1 aromatic heterocycles. The van der Waals surface area contributed by atoms with Gasteiger partial charge in [-0.1, -0.05) is 12.1 Å². The fourth-order valence-corrected chi connectivity index (χ4v) is 2.90. The van der Waals surface area contributed by atoms with Crippen LogP contribution in [0.4, 0.5) is 11.4 Å². The number of carbonyl (C=O) groups excluding carboxylic acids is 3. The van der Waals surface area contributed by atoms with Crippen molar-refractivity contribution in [3.8, 4) is 0 Å². The largest absolute Gasteiger partial charge is 0.469 e. The Morgan fingerprint density at radius 2 is 1.92 bits per heavy atom. The Labute approximate surface area is 150 Å². The summed E-state index contributed by atoms with van der Waals surface area (Å²) in [5.41, 5.74) is 0.233. The number of fused-ring (bicyclic) bond motifs is 1. The highest BCUT2D eigenvalue weighted by Gasteiger charge is 2.45. The lowest BCUT2D eigenvalue weighted by Gasteiger charge is -2.42. The minimum Gasteiger partial charge on any atom is -0.469 e. The predicted molar refractivity (Wildman–Crippen MR) is 95.0 cm³/mol. The summed E-state index contributed by atoms with van der Waals surface area (Å²) in [4.78, 5) is 39.1. The van der Waals surface area contributed by atoms with Gasteiger partial charge in [0.1, 0.15) is 16.9 Å². The van der Waals surface area contributed by atoms with Gasteiger partial charge in [-0.05, 0) is 45.9 Å². The molecule has 0 fully saturated rings. The molecule has 2 heterocycles. The van der Waals surface area contributed by atoms with Gasteiger partial charge < -0.3 is 14.5 Å². The van der Waals surface area contributed by atoms with Crippen molar-refractivity contribution in [1.82, 2.24) is 0 Å². The van der Waals surface area contributed by atoms with Crippen molar-refractivity contribution in [1.29, 1.82) is 0 Å². The summed E-state index contributed by atoms with van der Waals surface area (Å²) < 4.78 is 10.4. The number of nitrogens with zero attached hydrogens (tertiary/aromatic N) is 1. The lowest BCUT2D eigenvalue weighted by atomic mass is 9.95. The third-order valence-corrected chi connectivity index (χ3v) is 4.44. The maximum Gasteiger partial charge on any atom is 0.342 e. The van der Waals surface area contributed by atoms with Crippen molar-refractivity contribution in [3.63, 3.8) is 0 Å². The first-order valence-electron chi connectivity index (χ1n) is 8.23. The number of carbonyl (C=O) groups is 3. The fourth-order valence-electron chi connectivity index (χ4n) is 2.90. The van der Waals surface area contributed by atoms with Crippen LogP contribution in [0.1, 0.15) is 36.9 Å². The van der Waals surface area contributed by atoms with E-state index >= 15 is 0 Å². The minimum atomic E-state index is -1.13. The van der Waals surface area contributed by atoms with Crippen LogP contribution in [-0.2, 0) is 14.3 Å². The maximum absolute atomic E-state index is 13.1. The summed E-state index contributed by atoms with van der Waals surface area (Å²) >= 11 is 0. The maximum atomic E-state index is 13.1. The van der Waals surface area contributed by atoms with Crippen molar-refractivity contribution < 1.29 is 23.5 Å². The van der Waals surface area contributed by atoms with E-state index in [1.807, 2.05) is 0 Å². The molecule has 1 aliphatic heterocycles. The molecule has 7 heteroatoms. The molecule has 1 atom stereocenters. The molecular formula is C19H20N2O5. The average Bonchev–Trinajstić information content (AvgIpc) is 3.01. The molecule has 1 aliphatic rings. The second kappa shape index (κ2) is 6.33. The van der Waals surface area contributed by atoms with E-state index in [4.69, 9.17) is 9.15 Å². The van der Waals surface area contributed by atoms with Gasteiger partial charge in [-0.25, -0.2) is 4.79 Å². The van der Waals surface area contributed by atoms with Crippen molar-refractivity contribution >= 4 is 29.2 Å². The molecule has 0 spiro atoms. The molecule has 0 radical (unpaired) electrons. The lowest BCUT2D eigenvalue weighted by molar-refractivity contribution is -0.131. The normalized spacial score (nSPS) is 16.5. The third-order valence-electron chi connectivity index (χ3n) is 4.44. The molecule has 1 N–H and O–H groups in total. The van der Waals surface area contributed by atoms with Crippen molar-refractivity contribution in [3.05, 3.63) is 47.9 Å². The molecule has 0 saturated heterocycles. The molecule has 3 rings (SSSR count). The summed E-state index contributed by atoms with van der Waals surface area (Å²) in [5.74, 6) is -1.03. The zero-order chi connectivity index (χ0) is 19.1. The number of furan rings is 1. The molecule has 2 aromatic rings. The topological polar surface area (TPSA) is 88.8 Å². The van der Waals surface area contributed by atoms with E-state index in [1.54, 1.807) is 45.0 Å². The number of esters is 1. The summed E-state index contributed by atoms with van der Waals surface area (Å²) in [6.45, 7) is 6.41. The van der Waals surface area contributed by atoms with Crippen LogP contribution < -0.4 is 10.2 Å².